The zero-order valence-corrected chi connectivity index (χ0v) is 8.42. The van der Waals surface area contributed by atoms with Crippen molar-refractivity contribution in [3.8, 4) is 0 Å². The Morgan fingerprint density at radius 2 is 2.15 bits per heavy atom. The molecule has 0 aliphatic heterocycles. The minimum atomic E-state index is 1.14. The molecule has 0 fully saturated rings. The lowest BCUT2D eigenvalue weighted by atomic mass is 10.1. The van der Waals surface area contributed by atoms with Crippen LogP contribution in [0, 0.1) is 6.92 Å². The zero-order chi connectivity index (χ0) is 9.52. The Morgan fingerprint density at radius 1 is 1.31 bits per heavy atom. The molecule has 1 aromatic carbocycles. The Balaban J connectivity index is 2.32. The van der Waals surface area contributed by atoms with E-state index in [9.17, 15) is 0 Å². The van der Waals surface area contributed by atoms with Crippen molar-refractivity contribution in [2.75, 3.05) is 0 Å². The van der Waals surface area contributed by atoms with Gasteiger partial charge in [-0.05, 0) is 38.2 Å². The first-order valence-corrected chi connectivity index (χ1v) is 4.99. The maximum Gasteiger partial charge on any atom is -0.0279 e. The third-order valence-electron chi connectivity index (χ3n) is 2.21. The van der Waals surface area contributed by atoms with Crippen molar-refractivity contribution in [2.45, 2.75) is 32.6 Å². The summed E-state index contributed by atoms with van der Waals surface area (Å²) in [6.07, 6.45) is 6.88. The second-order valence-corrected chi connectivity index (χ2v) is 3.52. The van der Waals surface area contributed by atoms with Crippen LogP contribution in [0.3, 0.4) is 0 Å². The molecule has 0 N–H and O–H groups in total. The summed E-state index contributed by atoms with van der Waals surface area (Å²) >= 11 is 0. The van der Waals surface area contributed by atoms with Crippen LogP contribution in [-0.2, 0) is 6.42 Å². The molecule has 13 heavy (non-hydrogen) atoms. The number of hydrogen-bond acceptors (Lipinski definition) is 0. The van der Waals surface area contributed by atoms with Crippen LogP contribution in [0.4, 0.5) is 0 Å². The quantitative estimate of drug-likeness (QED) is 0.469. The molecule has 0 aliphatic rings. The van der Waals surface area contributed by atoms with Crippen LogP contribution >= 0.6 is 0 Å². The van der Waals surface area contributed by atoms with Gasteiger partial charge in [-0.1, -0.05) is 35.9 Å². The summed E-state index contributed by atoms with van der Waals surface area (Å²) in [6, 6.07) is 8.76. The van der Waals surface area contributed by atoms with E-state index in [1.54, 1.807) is 0 Å². The van der Waals surface area contributed by atoms with Crippen molar-refractivity contribution < 1.29 is 0 Å². The van der Waals surface area contributed by atoms with E-state index >= 15 is 0 Å². The summed E-state index contributed by atoms with van der Waals surface area (Å²) < 4.78 is 0. The molecule has 0 spiro atoms. The largest absolute Gasteiger partial charge is 0.103 e. The van der Waals surface area contributed by atoms with Gasteiger partial charge >= 0.3 is 0 Å². The summed E-state index contributed by atoms with van der Waals surface area (Å²) in [6.45, 7) is 5.87. The molecule has 0 amide bonds. The molecular formula is C13H18. The van der Waals surface area contributed by atoms with Crippen molar-refractivity contribution in [3.63, 3.8) is 0 Å². The minimum Gasteiger partial charge on any atom is -0.103 e. The molecule has 0 heteroatoms. The van der Waals surface area contributed by atoms with Crippen molar-refractivity contribution in [3.05, 3.63) is 48.0 Å². The van der Waals surface area contributed by atoms with Crippen LogP contribution in [0.1, 0.15) is 30.4 Å². The molecule has 0 aromatic heterocycles. The molecular weight excluding hydrogens is 156 g/mol. The number of hydrogen-bond donors (Lipinski definition) is 0. The lowest BCUT2D eigenvalue weighted by Crippen LogP contribution is -1.85. The van der Waals surface area contributed by atoms with Crippen molar-refractivity contribution in [1.29, 1.82) is 0 Å². The fourth-order valence-electron chi connectivity index (χ4n) is 1.49. The van der Waals surface area contributed by atoms with Gasteiger partial charge in [0.15, 0.2) is 0 Å². The van der Waals surface area contributed by atoms with Crippen molar-refractivity contribution in [2.24, 2.45) is 0 Å². The van der Waals surface area contributed by atoms with E-state index in [1.165, 1.54) is 30.4 Å². The molecule has 0 nitrogen and oxygen atoms in total. The Bertz CT molecular complexity index is 260. The van der Waals surface area contributed by atoms with E-state index in [0.29, 0.717) is 0 Å². The highest BCUT2D eigenvalue weighted by atomic mass is 14.0. The van der Waals surface area contributed by atoms with Gasteiger partial charge in [0, 0.05) is 0 Å². The SMILES string of the molecule is C=CCCCCc1cccc(C)c1. The summed E-state index contributed by atoms with van der Waals surface area (Å²) in [5.41, 5.74) is 2.82. The standard InChI is InChI=1S/C13H18/c1-3-4-5-6-9-13-10-7-8-12(2)11-13/h3,7-8,10-11H,1,4-6,9H2,2H3. The van der Waals surface area contributed by atoms with Gasteiger partial charge in [-0.3, -0.25) is 0 Å². The predicted molar refractivity (Wildman–Crippen MR) is 58.9 cm³/mol. The fraction of sp³-hybridized carbons (Fsp3) is 0.385. The smallest absolute Gasteiger partial charge is 0.0279 e. The highest BCUT2D eigenvalue weighted by Gasteiger charge is 1.92. The van der Waals surface area contributed by atoms with Gasteiger partial charge in [0.2, 0.25) is 0 Å². The number of aryl methyl sites for hydroxylation is 2. The third kappa shape index (κ3) is 3.93. The highest BCUT2D eigenvalue weighted by Crippen LogP contribution is 2.08. The first-order valence-electron chi connectivity index (χ1n) is 4.99. The average molecular weight is 174 g/mol. The van der Waals surface area contributed by atoms with Gasteiger partial charge in [-0.2, -0.15) is 0 Å². The average Bonchev–Trinajstić information content (AvgIpc) is 2.13. The summed E-state index contributed by atoms with van der Waals surface area (Å²) in [4.78, 5) is 0. The van der Waals surface area contributed by atoms with Crippen LogP contribution < -0.4 is 0 Å². The second kappa shape index (κ2) is 5.58. The molecule has 0 unspecified atom stereocenters. The molecule has 1 rings (SSSR count). The maximum atomic E-state index is 3.72. The number of unbranched alkanes of at least 4 members (excludes halogenated alkanes) is 2. The molecule has 0 radical (unpaired) electrons. The summed E-state index contributed by atoms with van der Waals surface area (Å²) in [5, 5.41) is 0. The van der Waals surface area contributed by atoms with E-state index in [0.717, 1.165) is 6.42 Å². The van der Waals surface area contributed by atoms with Crippen molar-refractivity contribution in [1.82, 2.24) is 0 Å². The fourth-order valence-corrected chi connectivity index (χ4v) is 1.49. The Morgan fingerprint density at radius 3 is 2.85 bits per heavy atom. The van der Waals surface area contributed by atoms with Gasteiger partial charge in [0.05, 0.1) is 0 Å². The van der Waals surface area contributed by atoms with Gasteiger partial charge in [0.1, 0.15) is 0 Å². The normalized spacial score (nSPS) is 9.92. The molecule has 0 saturated carbocycles. The first kappa shape index (κ1) is 10.0. The zero-order valence-electron chi connectivity index (χ0n) is 8.42. The van der Waals surface area contributed by atoms with Crippen LogP contribution in [0.5, 0.6) is 0 Å². The lowest BCUT2D eigenvalue weighted by molar-refractivity contribution is 0.748. The molecule has 0 atom stereocenters. The molecule has 70 valence electrons. The van der Waals surface area contributed by atoms with Crippen LogP contribution in [0.15, 0.2) is 36.9 Å². The minimum absolute atomic E-state index is 1.14. The van der Waals surface area contributed by atoms with Gasteiger partial charge in [-0.15, -0.1) is 6.58 Å². The predicted octanol–water partition coefficient (Wildman–Crippen LogP) is 3.89. The van der Waals surface area contributed by atoms with E-state index in [2.05, 4.69) is 37.8 Å². The van der Waals surface area contributed by atoms with Gasteiger partial charge < -0.3 is 0 Å². The van der Waals surface area contributed by atoms with Gasteiger partial charge in [-0.25, -0.2) is 0 Å². The van der Waals surface area contributed by atoms with E-state index in [-0.39, 0.29) is 0 Å². The Kier molecular flexibility index (Phi) is 4.31. The van der Waals surface area contributed by atoms with E-state index in [4.69, 9.17) is 0 Å². The second-order valence-electron chi connectivity index (χ2n) is 3.52. The van der Waals surface area contributed by atoms with E-state index in [1.807, 2.05) is 6.08 Å². The number of benzene rings is 1. The van der Waals surface area contributed by atoms with Crippen LogP contribution in [-0.4, -0.2) is 0 Å². The van der Waals surface area contributed by atoms with E-state index < -0.39 is 0 Å². The lowest BCUT2D eigenvalue weighted by Gasteiger charge is -2.01. The highest BCUT2D eigenvalue weighted by molar-refractivity contribution is 5.22. The maximum absolute atomic E-state index is 3.72. The summed E-state index contributed by atoms with van der Waals surface area (Å²) in [7, 11) is 0. The topological polar surface area (TPSA) is 0 Å². The van der Waals surface area contributed by atoms with Gasteiger partial charge in [0.25, 0.3) is 0 Å². The van der Waals surface area contributed by atoms with Crippen LogP contribution in [0.25, 0.3) is 0 Å². The molecule has 0 saturated heterocycles. The third-order valence-corrected chi connectivity index (χ3v) is 2.21. The molecule has 1 aromatic rings. The first-order chi connectivity index (χ1) is 6.33. The summed E-state index contributed by atoms with van der Waals surface area (Å²) in [5.74, 6) is 0. The molecule has 0 bridgehead atoms. The number of allylic oxidation sites excluding steroid dienone is 1. The Hall–Kier alpha value is -1.04. The number of rotatable bonds is 5. The van der Waals surface area contributed by atoms with Crippen molar-refractivity contribution >= 4 is 0 Å². The molecule has 0 aliphatic carbocycles. The van der Waals surface area contributed by atoms with Crippen LogP contribution in [0.2, 0.25) is 0 Å². The monoisotopic (exact) mass is 174 g/mol. The molecule has 0 heterocycles. The Labute approximate surface area is 81.3 Å².